The summed E-state index contributed by atoms with van der Waals surface area (Å²) in [4.78, 5) is 4.87. The standard InChI is InChI=1S/C17H16ClNO/c1-12(13-5-3-2-4-6-13)19-16-9-10-20-17-8-7-14(18)11-15(16)17/h2-8,11-12H,9-10H2,1H3/t12-/m0/s1. The summed E-state index contributed by atoms with van der Waals surface area (Å²) in [5.74, 6) is 0.875. The number of ether oxygens (including phenoxy) is 1. The highest BCUT2D eigenvalue weighted by Gasteiger charge is 2.18. The lowest BCUT2D eigenvalue weighted by Crippen LogP contribution is -2.17. The van der Waals surface area contributed by atoms with Crippen molar-refractivity contribution in [2.24, 2.45) is 4.99 Å². The fourth-order valence-corrected chi connectivity index (χ4v) is 2.59. The first-order valence-electron chi connectivity index (χ1n) is 6.78. The highest BCUT2D eigenvalue weighted by Crippen LogP contribution is 2.29. The Hall–Kier alpha value is -1.80. The maximum absolute atomic E-state index is 6.08. The van der Waals surface area contributed by atoms with Crippen LogP contribution in [0.5, 0.6) is 5.75 Å². The molecule has 0 spiro atoms. The Kier molecular flexibility index (Phi) is 3.75. The zero-order valence-electron chi connectivity index (χ0n) is 11.3. The van der Waals surface area contributed by atoms with Crippen LogP contribution in [0.2, 0.25) is 5.02 Å². The summed E-state index contributed by atoms with van der Waals surface area (Å²) in [6, 6.07) is 16.2. The zero-order valence-corrected chi connectivity index (χ0v) is 12.1. The summed E-state index contributed by atoms with van der Waals surface area (Å²) < 4.78 is 5.66. The van der Waals surface area contributed by atoms with Gasteiger partial charge in [0.1, 0.15) is 5.75 Å². The molecule has 2 aromatic rings. The van der Waals surface area contributed by atoms with Gasteiger partial charge in [0.15, 0.2) is 0 Å². The molecule has 1 aliphatic rings. The van der Waals surface area contributed by atoms with E-state index in [1.54, 1.807) is 0 Å². The van der Waals surface area contributed by atoms with Gasteiger partial charge in [-0.05, 0) is 30.7 Å². The van der Waals surface area contributed by atoms with Crippen LogP contribution in [0.3, 0.4) is 0 Å². The number of nitrogens with zero attached hydrogens (tertiary/aromatic N) is 1. The Morgan fingerprint density at radius 2 is 1.95 bits per heavy atom. The Labute approximate surface area is 124 Å². The molecular weight excluding hydrogens is 270 g/mol. The molecule has 3 heteroatoms. The molecule has 20 heavy (non-hydrogen) atoms. The molecule has 0 N–H and O–H groups in total. The summed E-state index contributed by atoms with van der Waals surface area (Å²) in [6.07, 6.45) is 0.824. The number of rotatable bonds is 2. The second-order valence-electron chi connectivity index (χ2n) is 4.90. The van der Waals surface area contributed by atoms with E-state index in [9.17, 15) is 0 Å². The molecule has 0 saturated carbocycles. The number of benzene rings is 2. The van der Waals surface area contributed by atoms with Gasteiger partial charge in [-0.25, -0.2) is 0 Å². The summed E-state index contributed by atoms with van der Waals surface area (Å²) >= 11 is 6.08. The molecule has 0 saturated heterocycles. The van der Waals surface area contributed by atoms with Crippen molar-refractivity contribution in [2.75, 3.05) is 6.61 Å². The minimum Gasteiger partial charge on any atom is -0.492 e. The monoisotopic (exact) mass is 285 g/mol. The highest BCUT2D eigenvalue weighted by molar-refractivity contribution is 6.31. The third-order valence-corrected chi connectivity index (χ3v) is 3.72. The summed E-state index contributed by atoms with van der Waals surface area (Å²) in [5.41, 5.74) is 3.31. The van der Waals surface area contributed by atoms with Gasteiger partial charge in [-0.1, -0.05) is 41.9 Å². The Balaban J connectivity index is 1.96. The van der Waals surface area contributed by atoms with Gasteiger partial charge in [0.25, 0.3) is 0 Å². The van der Waals surface area contributed by atoms with E-state index in [1.165, 1.54) is 5.56 Å². The molecule has 2 aromatic carbocycles. The predicted octanol–water partition coefficient (Wildman–Crippen LogP) is 4.67. The first kappa shape index (κ1) is 13.2. The van der Waals surface area contributed by atoms with Crippen LogP contribution < -0.4 is 4.74 Å². The van der Waals surface area contributed by atoms with Crippen LogP contribution in [0.25, 0.3) is 0 Å². The van der Waals surface area contributed by atoms with Crippen LogP contribution >= 0.6 is 11.6 Å². The van der Waals surface area contributed by atoms with E-state index < -0.39 is 0 Å². The molecule has 2 nitrogen and oxygen atoms in total. The zero-order chi connectivity index (χ0) is 13.9. The van der Waals surface area contributed by atoms with Gasteiger partial charge >= 0.3 is 0 Å². The third kappa shape index (κ3) is 2.70. The quantitative estimate of drug-likeness (QED) is 0.785. The summed E-state index contributed by atoms with van der Waals surface area (Å²) in [6.45, 7) is 2.79. The van der Waals surface area contributed by atoms with Crippen molar-refractivity contribution in [3.05, 3.63) is 64.7 Å². The van der Waals surface area contributed by atoms with Crippen molar-refractivity contribution in [2.45, 2.75) is 19.4 Å². The average Bonchev–Trinajstić information content (AvgIpc) is 2.49. The van der Waals surface area contributed by atoms with Crippen LogP contribution in [0, 0.1) is 0 Å². The minimum atomic E-state index is 0.135. The molecular formula is C17H16ClNO. The number of hydrogen-bond donors (Lipinski definition) is 0. The number of hydrogen-bond acceptors (Lipinski definition) is 2. The Bertz CT molecular complexity index is 637. The van der Waals surface area contributed by atoms with Crippen molar-refractivity contribution < 1.29 is 4.74 Å². The summed E-state index contributed by atoms with van der Waals surface area (Å²) in [5, 5.41) is 0.717. The second kappa shape index (κ2) is 5.68. The molecule has 3 rings (SSSR count). The molecule has 1 aliphatic heterocycles. The second-order valence-corrected chi connectivity index (χ2v) is 5.34. The van der Waals surface area contributed by atoms with E-state index in [4.69, 9.17) is 21.3 Å². The number of fused-ring (bicyclic) bond motifs is 1. The van der Waals surface area contributed by atoms with Gasteiger partial charge in [0, 0.05) is 22.7 Å². The molecule has 0 aromatic heterocycles. The first-order chi connectivity index (χ1) is 9.74. The van der Waals surface area contributed by atoms with E-state index >= 15 is 0 Å². The molecule has 0 unspecified atom stereocenters. The third-order valence-electron chi connectivity index (χ3n) is 3.48. The van der Waals surface area contributed by atoms with Crippen molar-refractivity contribution in [1.29, 1.82) is 0 Å². The van der Waals surface area contributed by atoms with Crippen LogP contribution in [0.15, 0.2) is 53.5 Å². The van der Waals surface area contributed by atoms with Crippen molar-refractivity contribution >= 4 is 17.3 Å². The largest absolute Gasteiger partial charge is 0.492 e. The number of aliphatic imine (C=N–C) groups is 1. The van der Waals surface area contributed by atoms with Gasteiger partial charge < -0.3 is 4.74 Å². The Morgan fingerprint density at radius 3 is 2.75 bits per heavy atom. The minimum absolute atomic E-state index is 0.135. The molecule has 0 bridgehead atoms. The maximum Gasteiger partial charge on any atom is 0.128 e. The lowest BCUT2D eigenvalue weighted by atomic mass is 10.0. The van der Waals surface area contributed by atoms with Gasteiger partial charge in [0.05, 0.1) is 12.6 Å². The van der Waals surface area contributed by atoms with Crippen LogP contribution in [0.1, 0.15) is 30.5 Å². The fourth-order valence-electron chi connectivity index (χ4n) is 2.42. The molecule has 0 amide bonds. The SMILES string of the molecule is C[C@H](N=C1CCOc2ccc(Cl)cc21)c1ccccc1. The van der Waals surface area contributed by atoms with Crippen molar-refractivity contribution in [1.82, 2.24) is 0 Å². The van der Waals surface area contributed by atoms with Gasteiger partial charge in [0.2, 0.25) is 0 Å². The van der Waals surface area contributed by atoms with E-state index in [2.05, 4.69) is 19.1 Å². The van der Waals surface area contributed by atoms with E-state index in [-0.39, 0.29) is 6.04 Å². The summed E-state index contributed by atoms with van der Waals surface area (Å²) in [7, 11) is 0. The highest BCUT2D eigenvalue weighted by atomic mass is 35.5. The topological polar surface area (TPSA) is 21.6 Å². The molecule has 1 heterocycles. The van der Waals surface area contributed by atoms with E-state index in [0.717, 1.165) is 23.4 Å². The smallest absolute Gasteiger partial charge is 0.128 e. The molecule has 102 valence electrons. The predicted molar refractivity (Wildman–Crippen MR) is 83.0 cm³/mol. The van der Waals surface area contributed by atoms with Crippen molar-refractivity contribution in [3.8, 4) is 5.75 Å². The lowest BCUT2D eigenvalue weighted by molar-refractivity contribution is 0.320. The molecule has 0 aliphatic carbocycles. The average molecular weight is 286 g/mol. The van der Waals surface area contributed by atoms with Gasteiger partial charge in [-0.15, -0.1) is 0 Å². The van der Waals surface area contributed by atoms with Crippen molar-refractivity contribution in [3.63, 3.8) is 0 Å². The van der Waals surface area contributed by atoms with Crippen LogP contribution in [-0.4, -0.2) is 12.3 Å². The molecule has 0 radical (unpaired) electrons. The van der Waals surface area contributed by atoms with E-state index in [1.807, 2.05) is 36.4 Å². The number of halogens is 1. The normalized spacial score (nSPS) is 17.4. The Morgan fingerprint density at radius 1 is 1.15 bits per heavy atom. The van der Waals surface area contributed by atoms with Gasteiger partial charge in [-0.2, -0.15) is 0 Å². The van der Waals surface area contributed by atoms with Crippen LogP contribution in [-0.2, 0) is 0 Å². The lowest BCUT2D eigenvalue weighted by Gasteiger charge is -2.20. The molecule has 1 atom stereocenters. The molecule has 0 fully saturated rings. The fraction of sp³-hybridized carbons (Fsp3) is 0.235. The van der Waals surface area contributed by atoms with Crippen LogP contribution in [0.4, 0.5) is 0 Å². The first-order valence-corrected chi connectivity index (χ1v) is 7.16. The van der Waals surface area contributed by atoms with Gasteiger partial charge in [-0.3, -0.25) is 4.99 Å². The van der Waals surface area contributed by atoms with E-state index in [0.29, 0.717) is 11.6 Å². The maximum atomic E-state index is 6.08.